The lowest BCUT2D eigenvalue weighted by atomic mass is 9.49. The maximum Gasteiger partial charge on any atom is 0.260 e. The Labute approximate surface area is 264 Å². The summed E-state index contributed by atoms with van der Waals surface area (Å²) in [5.74, 6) is -5.07. The molecule has 3 fully saturated rings. The normalized spacial score (nSPS) is 29.0. The molecule has 3 aromatic carbocycles. The van der Waals surface area contributed by atoms with Gasteiger partial charge in [-0.3, -0.25) is 29.5 Å². The van der Waals surface area contributed by atoms with Gasteiger partial charge in [-0.2, -0.15) is 5.01 Å². The number of carbonyl (C=O) groups is 4. The van der Waals surface area contributed by atoms with Gasteiger partial charge in [-0.25, -0.2) is 4.39 Å². The van der Waals surface area contributed by atoms with Crippen molar-refractivity contribution in [1.82, 2.24) is 9.91 Å². The molecular formula is C35H31ClFN3O5. The number of rotatable bonds is 6. The number of benzene rings is 3. The standard InChI is InChI=1S/C35H31ClFN3O5/c1-2-17-39-31(42)26-16-15-25-27(29(26)33(39)44)18-28-32(43)40(38-23-11-9-22(37)10-12-23)34(45)35(28,20-5-7-21(36)8-6-20)30(25)19-3-13-24(41)14-4-19/h3-15,26-30,38,41H,2,16-18H2,1H3/t26-,27+,28-,29-,30-,35+/m0/s1. The molecule has 4 amide bonds. The lowest BCUT2D eigenvalue weighted by Gasteiger charge is -2.50. The first kappa shape index (κ1) is 29.2. The van der Waals surface area contributed by atoms with Crippen LogP contribution in [0.25, 0.3) is 0 Å². The van der Waals surface area contributed by atoms with Crippen molar-refractivity contribution >= 4 is 40.9 Å². The number of phenols is 1. The predicted molar refractivity (Wildman–Crippen MR) is 164 cm³/mol. The zero-order chi connectivity index (χ0) is 31.6. The number of anilines is 1. The molecular weight excluding hydrogens is 597 g/mol. The van der Waals surface area contributed by atoms with Gasteiger partial charge >= 0.3 is 0 Å². The molecule has 0 spiro atoms. The minimum absolute atomic E-state index is 0.0427. The summed E-state index contributed by atoms with van der Waals surface area (Å²) in [6, 6.07) is 18.8. The van der Waals surface area contributed by atoms with Crippen LogP contribution >= 0.6 is 11.6 Å². The number of carbonyl (C=O) groups excluding carboxylic acids is 4. The Hall–Kier alpha value is -4.50. The Bertz CT molecular complexity index is 1740. The molecule has 3 aromatic rings. The highest BCUT2D eigenvalue weighted by Gasteiger charge is 2.70. The molecule has 1 saturated carbocycles. The number of fused-ring (bicyclic) bond motifs is 4. The topological polar surface area (TPSA) is 107 Å². The molecule has 6 atom stereocenters. The summed E-state index contributed by atoms with van der Waals surface area (Å²) in [5.41, 5.74) is 3.94. The maximum absolute atomic E-state index is 15.0. The average Bonchev–Trinajstić information content (AvgIpc) is 3.40. The van der Waals surface area contributed by atoms with E-state index in [1.807, 2.05) is 13.0 Å². The third kappa shape index (κ3) is 4.31. The average molecular weight is 628 g/mol. The maximum atomic E-state index is 15.0. The van der Waals surface area contributed by atoms with Gasteiger partial charge in [-0.1, -0.05) is 54.4 Å². The monoisotopic (exact) mass is 627 g/mol. The fourth-order valence-corrected chi connectivity index (χ4v) is 8.33. The lowest BCUT2D eigenvalue weighted by Crippen LogP contribution is -2.53. The van der Waals surface area contributed by atoms with Crippen LogP contribution in [0.4, 0.5) is 10.1 Å². The number of aromatic hydroxyl groups is 1. The molecule has 7 rings (SSSR count). The highest BCUT2D eigenvalue weighted by molar-refractivity contribution is 6.30. The first-order valence-corrected chi connectivity index (χ1v) is 15.5. The van der Waals surface area contributed by atoms with Gasteiger partial charge in [0.15, 0.2) is 0 Å². The van der Waals surface area contributed by atoms with Crippen molar-refractivity contribution in [2.24, 2.45) is 23.7 Å². The Balaban J connectivity index is 1.44. The molecule has 2 aliphatic carbocycles. The molecule has 10 heteroatoms. The molecule has 45 heavy (non-hydrogen) atoms. The van der Waals surface area contributed by atoms with E-state index in [0.29, 0.717) is 41.2 Å². The van der Waals surface area contributed by atoms with Crippen LogP contribution in [0.3, 0.4) is 0 Å². The minimum Gasteiger partial charge on any atom is -0.508 e. The van der Waals surface area contributed by atoms with E-state index in [-0.39, 0.29) is 24.0 Å². The fourth-order valence-electron chi connectivity index (χ4n) is 8.21. The van der Waals surface area contributed by atoms with Crippen LogP contribution in [0.1, 0.15) is 43.2 Å². The highest BCUT2D eigenvalue weighted by atomic mass is 35.5. The van der Waals surface area contributed by atoms with Gasteiger partial charge in [0.05, 0.1) is 28.9 Å². The van der Waals surface area contributed by atoms with Crippen molar-refractivity contribution in [3.8, 4) is 5.75 Å². The molecule has 0 radical (unpaired) electrons. The smallest absolute Gasteiger partial charge is 0.260 e. The zero-order valence-corrected chi connectivity index (χ0v) is 25.2. The number of amides is 4. The SMILES string of the molecule is CCCN1C(=O)[C@H]2[C@H](CC=C3[C@H]2C[C@H]2C(=O)N(Nc4ccc(F)cc4)C(=O)[C@@]2(c2ccc(Cl)cc2)[C@H]3c2ccc(O)cc2)C1=O. The van der Waals surface area contributed by atoms with Gasteiger partial charge in [0, 0.05) is 17.5 Å². The molecule has 0 unspecified atom stereocenters. The molecule has 4 aliphatic rings. The predicted octanol–water partition coefficient (Wildman–Crippen LogP) is 5.58. The van der Waals surface area contributed by atoms with Crippen LogP contribution in [0.5, 0.6) is 5.75 Å². The third-order valence-corrected chi connectivity index (χ3v) is 10.3. The van der Waals surface area contributed by atoms with Gasteiger partial charge in [-0.05, 0) is 84.8 Å². The van der Waals surface area contributed by atoms with Gasteiger partial charge < -0.3 is 5.11 Å². The molecule has 2 N–H and O–H groups in total. The van der Waals surface area contributed by atoms with E-state index in [1.54, 1.807) is 48.5 Å². The van der Waals surface area contributed by atoms with E-state index >= 15 is 0 Å². The van der Waals surface area contributed by atoms with Crippen molar-refractivity contribution in [1.29, 1.82) is 0 Å². The number of hydrogen-bond acceptors (Lipinski definition) is 6. The van der Waals surface area contributed by atoms with E-state index in [4.69, 9.17) is 11.6 Å². The zero-order valence-electron chi connectivity index (χ0n) is 24.5. The third-order valence-electron chi connectivity index (χ3n) is 10.0. The molecule has 0 bridgehead atoms. The number of nitrogens with one attached hydrogen (secondary N) is 1. The number of halogens is 2. The summed E-state index contributed by atoms with van der Waals surface area (Å²) in [7, 11) is 0. The fraction of sp³-hybridized carbons (Fsp3) is 0.314. The summed E-state index contributed by atoms with van der Waals surface area (Å²) < 4.78 is 13.7. The molecule has 0 aromatic heterocycles. The molecule has 2 heterocycles. The van der Waals surface area contributed by atoms with Gasteiger partial charge in [0.25, 0.3) is 11.8 Å². The number of imide groups is 2. The number of likely N-dealkylation sites (tertiary alicyclic amines) is 1. The molecule has 2 saturated heterocycles. The Morgan fingerprint density at radius 2 is 1.60 bits per heavy atom. The Morgan fingerprint density at radius 3 is 2.27 bits per heavy atom. The van der Waals surface area contributed by atoms with E-state index in [2.05, 4.69) is 5.43 Å². The van der Waals surface area contributed by atoms with E-state index in [0.717, 1.165) is 10.6 Å². The summed E-state index contributed by atoms with van der Waals surface area (Å²) >= 11 is 6.30. The van der Waals surface area contributed by atoms with Crippen molar-refractivity contribution in [2.75, 3.05) is 12.0 Å². The summed E-state index contributed by atoms with van der Waals surface area (Å²) in [6.07, 6.45) is 3.15. The van der Waals surface area contributed by atoms with E-state index in [1.165, 1.54) is 29.2 Å². The van der Waals surface area contributed by atoms with Crippen LogP contribution in [-0.4, -0.2) is 45.2 Å². The van der Waals surface area contributed by atoms with Crippen LogP contribution in [0, 0.1) is 29.5 Å². The Kier molecular flexibility index (Phi) is 7.04. The largest absolute Gasteiger partial charge is 0.508 e. The minimum atomic E-state index is -1.45. The second-order valence-corrected chi connectivity index (χ2v) is 12.7. The van der Waals surface area contributed by atoms with Gasteiger partial charge in [0.1, 0.15) is 11.6 Å². The van der Waals surface area contributed by atoms with Crippen LogP contribution < -0.4 is 5.43 Å². The second-order valence-electron chi connectivity index (χ2n) is 12.3. The van der Waals surface area contributed by atoms with Crippen molar-refractivity contribution in [3.63, 3.8) is 0 Å². The van der Waals surface area contributed by atoms with Crippen LogP contribution in [0.15, 0.2) is 84.4 Å². The Morgan fingerprint density at radius 1 is 0.911 bits per heavy atom. The van der Waals surface area contributed by atoms with Crippen LogP contribution in [-0.2, 0) is 24.6 Å². The summed E-state index contributed by atoms with van der Waals surface area (Å²) in [4.78, 5) is 58.1. The van der Waals surface area contributed by atoms with Crippen molar-refractivity contribution in [3.05, 3.63) is 106 Å². The first-order valence-electron chi connectivity index (χ1n) is 15.2. The molecule has 8 nitrogen and oxygen atoms in total. The molecule has 2 aliphatic heterocycles. The van der Waals surface area contributed by atoms with Gasteiger partial charge in [0.2, 0.25) is 11.8 Å². The number of nitrogens with zero attached hydrogens (tertiary/aromatic N) is 2. The second kappa shape index (κ2) is 10.8. The molecule has 230 valence electrons. The number of hydrogen-bond donors (Lipinski definition) is 2. The van der Waals surface area contributed by atoms with Gasteiger partial charge in [-0.15, -0.1) is 0 Å². The van der Waals surface area contributed by atoms with Crippen molar-refractivity contribution < 1.29 is 28.7 Å². The first-order chi connectivity index (χ1) is 21.7. The number of hydrazine groups is 1. The van der Waals surface area contributed by atoms with Crippen LogP contribution in [0.2, 0.25) is 5.02 Å². The van der Waals surface area contributed by atoms with E-state index in [9.17, 15) is 28.7 Å². The van der Waals surface area contributed by atoms with Crippen molar-refractivity contribution in [2.45, 2.75) is 37.5 Å². The summed E-state index contributed by atoms with van der Waals surface area (Å²) in [5, 5.41) is 11.7. The number of phenolic OH excluding ortho intramolecular Hbond substituents is 1. The number of allylic oxidation sites excluding steroid dienone is 2. The highest BCUT2D eigenvalue weighted by Crippen LogP contribution is 2.64. The quantitative estimate of drug-likeness (QED) is 0.273. The summed E-state index contributed by atoms with van der Waals surface area (Å²) in [6.45, 7) is 2.25. The van der Waals surface area contributed by atoms with E-state index < -0.39 is 52.6 Å². The lowest BCUT2D eigenvalue weighted by molar-refractivity contribution is -0.141.